The van der Waals surface area contributed by atoms with E-state index >= 15 is 0 Å². The molecule has 0 unspecified atom stereocenters. The number of aromatic nitrogens is 1. The van der Waals surface area contributed by atoms with Crippen molar-refractivity contribution in [3.8, 4) is 0 Å². The molecular formula is C15H13NO5. The van der Waals surface area contributed by atoms with Crippen molar-refractivity contribution in [1.82, 2.24) is 4.73 Å². The van der Waals surface area contributed by atoms with Crippen LogP contribution in [0.3, 0.4) is 0 Å². The second-order valence-corrected chi connectivity index (χ2v) is 4.59. The Kier molecular flexibility index (Phi) is 2.94. The van der Waals surface area contributed by atoms with Crippen LogP contribution in [-0.2, 0) is 4.74 Å². The zero-order chi connectivity index (χ0) is 15.1. The van der Waals surface area contributed by atoms with E-state index in [0.717, 1.165) is 0 Å². The number of esters is 1. The van der Waals surface area contributed by atoms with Crippen LogP contribution in [0.4, 0.5) is 0 Å². The van der Waals surface area contributed by atoms with Gasteiger partial charge in [0.25, 0.3) is 5.56 Å². The fourth-order valence-electron chi connectivity index (χ4n) is 2.48. The average molecular weight is 287 g/mol. The van der Waals surface area contributed by atoms with E-state index in [1.807, 2.05) is 0 Å². The Balaban J connectivity index is 2.54. The fourth-order valence-corrected chi connectivity index (χ4v) is 2.48. The number of hydrogen-bond acceptors (Lipinski definition) is 5. The third-order valence-electron chi connectivity index (χ3n) is 3.35. The molecule has 108 valence electrons. The maximum absolute atomic E-state index is 12.3. The standard InChI is InChI=1S/C15H13NO5/c1-3-20-15(18)13-12-9-6-4-5-7-10(9)16(19)14(17)11(12)8(2)21-13/h4-7,19H,3H2,1-2H3. The third-order valence-corrected chi connectivity index (χ3v) is 3.35. The van der Waals surface area contributed by atoms with E-state index in [2.05, 4.69) is 0 Å². The SMILES string of the molecule is CCOC(=O)c1oc(C)c2c(=O)n(O)c3ccccc3c12. The van der Waals surface area contributed by atoms with Gasteiger partial charge in [0.15, 0.2) is 0 Å². The molecule has 1 aromatic carbocycles. The summed E-state index contributed by atoms with van der Waals surface area (Å²) in [4.78, 5) is 24.3. The van der Waals surface area contributed by atoms with Gasteiger partial charge in [-0.15, -0.1) is 4.73 Å². The van der Waals surface area contributed by atoms with Crippen LogP contribution in [-0.4, -0.2) is 22.5 Å². The molecule has 3 rings (SSSR count). The number of hydrogen-bond donors (Lipinski definition) is 1. The van der Waals surface area contributed by atoms with Gasteiger partial charge in [-0.25, -0.2) is 4.79 Å². The number of pyridine rings is 1. The highest BCUT2D eigenvalue weighted by Crippen LogP contribution is 2.30. The van der Waals surface area contributed by atoms with Gasteiger partial charge in [0.1, 0.15) is 5.76 Å². The Morgan fingerprint density at radius 3 is 2.76 bits per heavy atom. The normalized spacial score (nSPS) is 11.1. The molecule has 0 bridgehead atoms. The number of aryl methyl sites for hydroxylation is 1. The van der Waals surface area contributed by atoms with Crippen LogP contribution >= 0.6 is 0 Å². The van der Waals surface area contributed by atoms with E-state index in [4.69, 9.17) is 9.15 Å². The highest BCUT2D eigenvalue weighted by molar-refractivity contribution is 6.14. The van der Waals surface area contributed by atoms with Gasteiger partial charge in [-0.05, 0) is 19.9 Å². The van der Waals surface area contributed by atoms with Crippen LogP contribution in [0.1, 0.15) is 23.2 Å². The van der Waals surface area contributed by atoms with Gasteiger partial charge < -0.3 is 14.4 Å². The summed E-state index contributed by atoms with van der Waals surface area (Å²) in [6, 6.07) is 6.75. The molecule has 0 atom stereocenters. The highest BCUT2D eigenvalue weighted by Gasteiger charge is 2.24. The van der Waals surface area contributed by atoms with Crippen LogP contribution in [0.2, 0.25) is 0 Å². The number of carbonyl (C=O) groups is 1. The molecule has 3 aromatic rings. The van der Waals surface area contributed by atoms with Crippen molar-refractivity contribution in [1.29, 1.82) is 0 Å². The molecule has 2 aromatic heterocycles. The van der Waals surface area contributed by atoms with Crippen LogP contribution < -0.4 is 5.56 Å². The molecule has 6 nitrogen and oxygen atoms in total. The summed E-state index contributed by atoms with van der Waals surface area (Å²) < 4.78 is 11.0. The van der Waals surface area contributed by atoms with Crippen molar-refractivity contribution >= 4 is 27.6 Å². The maximum atomic E-state index is 12.3. The molecule has 0 amide bonds. The van der Waals surface area contributed by atoms with Crippen LogP contribution in [0.15, 0.2) is 33.5 Å². The summed E-state index contributed by atoms with van der Waals surface area (Å²) in [6.07, 6.45) is 0. The second-order valence-electron chi connectivity index (χ2n) is 4.59. The Hall–Kier alpha value is -2.76. The molecular weight excluding hydrogens is 274 g/mol. The zero-order valence-electron chi connectivity index (χ0n) is 11.5. The second kappa shape index (κ2) is 4.66. The van der Waals surface area contributed by atoms with E-state index in [1.165, 1.54) is 0 Å². The molecule has 21 heavy (non-hydrogen) atoms. The van der Waals surface area contributed by atoms with E-state index < -0.39 is 11.5 Å². The van der Waals surface area contributed by atoms with Crippen molar-refractivity contribution < 1.29 is 19.2 Å². The fraction of sp³-hybridized carbons (Fsp3) is 0.200. The van der Waals surface area contributed by atoms with Gasteiger partial charge in [0.05, 0.1) is 22.9 Å². The molecule has 0 spiro atoms. The van der Waals surface area contributed by atoms with Crippen molar-refractivity contribution in [3.05, 3.63) is 46.1 Å². The molecule has 0 aliphatic heterocycles. The maximum Gasteiger partial charge on any atom is 0.374 e. The third kappa shape index (κ3) is 1.79. The molecule has 1 N–H and O–H groups in total. The van der Waals surface area contributed by atoms with Gasteiger partial charge in [0.2, 0.25) is 5.76 Å². The lowest BCUT2D eigenvalue weighted by molar-refractivity contribution is 0.0491. The first kappa shape index (κ1) is 13.2. The summed E-state index contributed by atoms with van der Waals surface area (Å²) in [5.74, 6) is -0.374. The number of para-hydroxylation sites is 1. The number of rotatable bonds is 2. The molecule has 2 heterocycles. The predicted molar refractivity (Wildman–Crippen MR) is 75.9 cm³/mol. The van der Waals surface area contributed by atoms with Crippen molar-refractivity contribution in [3.63, 3.8) is 0 Å². The Morgan fingerprint density at radius 2 is 2.05 bits per heavy atom. The number of carbonyl (C=O) groups excluding carboxylic acids is 1. The number of fused-ring (bicyclic) bond motifs is 3. The van der Waals surface area contributed by atoms with Gasteiger partial charge in [-0.3, -0.25) is 4.79 Å². The highest BCUT2D eigenvalue weighted by atomic mass is 16.5. The van der Waals surface area contributed by atoms with E-state index in [-0.39, 0.29) is 23.5 Å². The first-order chi connectivity index (χ1) is 10.1. The number of nitrogens with zero attached hydrogens (tertiary/aromatic N) is 1. The topological polar surface area (TPSA) is 81.7 Å². The minimum atomic E-state index is -0.629. The van der Waals surface area contributed by atoms with Crippen molar-refractivity contribution in [2.24, 2.45) is 0 Å². The molecule has 0 fully saturated rings. The zero-order valence-corrected chi connectivity index (χ0v) is 11.5. The van der Waals surface area contributed by atoms with Crippen LogP contribution in [0.5, 0.6) is 0 Å². The van der Waals surface area contributed by atoms with Crippen molar-refractivity contribution in [2.45, 2.75) is 13.8 Å². The molecule has 0 saturated carbocycles. The minimum absolute atomic E-state index is 0.0155. The molecule has 6 heteroatoms. The quantitative estimate of drug-likeness (QED) is 0.578. The Bertz CT molecular complexity index is 919. The largest absolute Gasteiger partial charge is 0.460 e. The summed E-state index contributed by atoms with van der Waals surface area (Å²) in [6.45, 7) is 3.46. The van der Waals surface area contributed by atoms with E-state index in [1.54, 1.807) is 38.1 Å². The summed E-state index contributed by atoms with van der Waals surface area (Å²) in [5, 5.41) is 11.1. The van der Waals surface area contributed by atoms with E-state index in [0.29, 0.717) is 21.0 Å². The lowest BCUT2D eigenvalue weighted by atomic mass is 10.1. The number of ether oxygens (including phenoxy) is 1. The Morgan fingerprint density at radius 1 is 1.33 bits per heavy atom. The molecule has 0 aliphatic carbocycles. The average Bonchev–Trinajstić information content (AvgIpc) is 2.83. The van der Waals surface area contributed by atoms with Crippen molar-refractivity contribution in [2.75, 3.05) is 6.61 Å². The lowest BCUT2D eigenvalue weighted by Gasteiger charge is -2.05. The minimum Gasteiger partial charge on any atom is -0.460 e. The first-order valence-electron chi connectivity index (χ1n) is 6.49. The Labute approximate surface area is 119 Å². The van der Waals surface area contributed by atoms with Gasteiger partial charge in [-0.1, -0.05) is 18.2 Å². The van der Waals surface area contributed by atoms with Crippen LogP contribution in [0, 0.1) is 6.92 Å². The smallest absolute Gasteiger partial charge is 0.374 e. The monoisotopic (exact) mass is 287 g/mol. The molecule has 0 radical (unpaired) electrons. The first-order valence-corrected chi connectivity index (χ1v) is 6.49. The summed E-state index contributed by atoms with van der Waals surface area (Å²) >= 11 is 0. The van der Waals surface area contributed by atoms with Gasteiger partial charge >= 0.3 is 5.97 Å². The van der Waals surface area contributed by atoms with Gasteiger partial charge in [-0.2, -0.15) is 0 Å². The summed E-state index contributed by atoms with van der Waals surface area (Å²) in [7, 11) is 0. The van der Waals surface area contributed by atoms with Gasteiger partial charge in [0, 0.05) is 5.39 Å². The molecule has 0 saturated heterocycles. The van der Waals surface area contributed by atoms with Crippen LogP contribution in [0.25, 0.3) is 21.7 Å². The lowest BCUT2D eigenvalue weighted by Crippen LogP contribution is -2.18. The summed E-state index contributed by atoms with van der Waals surface area (Å²) in [5.41, 5.74) is -0.318. The molecule has 0 aliphatic rings. The number of furan rings is 1. The van der Waals surface area contributed by atoms with E-state index in [9.17, 15) is 14.8 Å². The predicted octanol–water partition coefficient (Wildman–Crippen LogP) is 2.47. The number of benzene rings is 1.